The summed E-state index contributed by atoms with van der Waals surface area (Å²) < 4.78 is 23.7. The molecule has 2 aromatic rings. The standard InChI is InChI=1S/C24H35NO5/c1-4-11-27-22(14-26)15-28-20-9-6-10-21(13-20)29-16-23-18(3)30-24(25-23)19-8-5-7-17(2)12-19/h5,7-8,12,20-22,26H,4,6,9-11,13-16H2,1-3H3/t20-,21?,22?/m1/s1. The Bertz CT molecular complexity index is 775. The molecule has 1 N–H and O–H groups in total. The summed E-state index contributed by atoms with van der Waals surface area (Å²) in [5, 5.41) is 9.42. The van der Waals surface area contributed by atoms with E-state index in [1.165, 1.54) is 5.56 Å². The molecule has 0 saturated heterocycles. The molecule has 0 spiro atoms. The Balaban J connectivity index is 1.49. The number of aliphatic hydroxyl groups is 1. The number of hydrogen-bond donors (Lipinski definition) is 1. The molecule has 1 saturated carbocycles. The van der Waals surface area contributed by atoms with Gasteiger partial charge in [-0.15, -0.1) is 0 Å². The van der Waals surface area contributed by atoms with E-state index in [4.69, 9.17) is 18.6 Å². The van der Waals surface area contributed by atoms with Gasteiger partial charge in [-0.25, -0.2) is 4.98 Å². The van der Waals surface area contributed by atoms with Gasteiger partial charge in [0.1, 0.15) is 17.6 Å². The van der Waals surface area contributed by atoms with Crippen LogP contribution in [0, 0.1) is 13.8 Å². The van der Waals surface area contributed by atoms with Crippen molar-refractivity contribution in [2.75, 3.05) is 19.8 Å². The van der Waals surface area contributed by atoms with Gasteiger partial charge in [-0.2, -0.15) is 0 Å². The maximum Gasteiger partial charge on any atom is 0.226 e. The summed E-state index contributed by atoms with van der Waals surface area (Å²) in [5.41, 5.74) is 3.01. The van der Waals surface area contributed by atoms with Crippen LogP contribution in [-0.2, 0) is 20.8 Å². The normalized spacial score (nSPS) is 20.4. The van der Waals surface area contributed by atoms with Gasteiger partial charge in [-0.1, -0.05) is 24.6 Å². The number of hydrogen-bond acceptors (Lipinski definition) is 6. The molecule has 2 unspecified atom stereocenters. The predicted molar refractivity (Wildman–Crippen MR) is 115 cm³/mol. The minimum atomic E-state index is -0.246. The number of nitrogens with zero attached hydrogens (tertiary/aromatic N) is 1. The van der Waals surface area contributed by atoms with Crippen LogP contribution in [0.5, 0.6) is 0 Å². The second kappa shape index (κ2) is 11.6. The number of oxazole rings is 1. The molecular weight excluding hydrogens is 382 g/mol. The highest BCUT2D eigenvalue weighted by molar-refractivity contribution is 5.54. The van der Waals surface area contributed by atoms with Crippen molar-refractivity contribution in [1.82, 2.24) is 4.98 Å². The maximum atomic E-state index is 9.42. The second-order valence-corrected chi connectivity index (χ2v) is 8.12. The van der Waals surface area contributed by atoms with Gasteiger partial charge < -0.3 is 23.7 Å². The Labute approximate surface area is 179 Å². The molecule has 0 amide bonds. The zero-order chi connectivity index (χ0) is 21.3. The molecule has 1 fully saturated rings. The summed E-state index contributed by atoms with van der Waals surface area (Å²) in [5.74, 6) is 1.44. The van der Waals surface area contributed by atoms with E-state index in [0.717, 1.165) is 49.1 Å². The average Bonchev–Trinajstić information content (AvgIpc) is 3.13. The smallest absolute Gasteiger partial charge is 0.226 e. The summed E-state index contributed by atoms with van der Waals surface area (Å²) in [7, 11) is 0. The molecule has 3 atom stereocenters. The number of aryl methyl sites for hydroxylation is 2. The summed E-state index contributed by atoms with van der Waals surface area (Å²) in [6.07, 6.45) is 4.95. The molecular formula is C24H35NO5. The molecule has 6 nitrogen and oxygen atoms in total. The number of aliphatic hydroxyl groups excluding tert-OH is 1. The van der Waals surface area contributed by atoms with Crippen LogP contribution in [0.15, 0.2) is 28.7 Å². The van der Waals surface area contributed by atoms with Gasteiger partial charge >= 0.3 is 0 Å². The lowest BCUT2D eigenvalue weighted by Gasteiger charge is -2.30. The number of ether oxygens (including phenoxy) is 3. The number of aromatic nitrogens is 1. The largest absolute Gasteiger partial charge is 0.441 e. The van der Waals surface area contributed by atoms with Crippen LogP contribution in [0.3, 0.4) is 0 Å². The first-order valence-corrected chi connectivity index (χ1v) is 11.1. The molecule has 1 aromatic heterocycles. The lowest BCUT2D eigenvalue weighted by atomic mass is 9.95. The van der Waals surface area contributed by atoms with E-state index < -0.39 is 0 Å². The molecule has 1 aromatic carbocycles. The van der Waals surface area contributed by atoms with E-state index >= 15 is 0 Å². The van der Waals surface area contributed by atoms with Gasteiger partial charge in [0.25, 0.3) is 0 Å². The molecule has 1 heterocycles. The molecule has 30 heavy (non-hydrogen) atoms. The van der Waals surface area contributed by atoms with Gasteiger partial charge in [0.05, 0.1) is 32.0 Å². The van der Waals surface area contributed by atoms with Crippen molar-refractivity contribution in [2.45, 2.75) is 77.8 Å². The van der Waals surface area contributed by atoms with Crippen molar-refractivity contribution in [3.8, 4) is 11.5 Å². The minimum absolute atomic E-state index is 0.0125. The fourth-order valence-electron chi connectivity index (χ4n) is 3.75. The lowest BCUT2D eigenvalue weighted by molar-refractivity contribution is -0.0925. The van der Waals surface area contributed by atoms with E-state index in [0.29, 0.717) is 25.7 Å². The first-order valence-electron chi connectivity index (χ1n) is 11.1. The summed E-state index contributed by atoms with van der Waals surface area (Å²) in [6.45, 7) is 7.55. The predicted octanol–water partition coefficient (Wildman–Crippen LogP) is 4.59. The Morgan fingerprint density at radius 1 is 1.20 bits per heavy atom. The third-order valence-electron chi connectivity index (χ3n) is 5.47. The topological polar surface area (TPSA) is 74.0 Å². The van der Waals surface area contributed by atoms with Gasteiger partial charge in [-0.05, 0) is 58.1 Å². The first kappa shape index (κ1) is 22.9. The van der Waals surface area contributed by atoms with E-state index in [2.05, 4.69) is 31.0 Å². The van der Waals surface area contributed by atoms with Crippen molar-refractivity contribution >= 4 is 0 Å². The van der Waals surface area contributed by atoms with Crippen LogP contribution in [-0.4, -0.2) is 48.2 Å². The molecule has 166 valence electrons. The SMILES string of the molecule is CCCOC(CO)CO[C@@H]1CCCC(OCc2nc(-c3cccc(C)c3)oc2C)C1. The van der Waals surface area contributed by atoms with Crippen LogP contribution in [0.2, 0.25) is 0 Å². The van der Waals surface area contributed by atoms with E-state index in [-0.39, 0.29) is 24.9 Å². The molecule has 1 aliphatic rings. The first-order chi connectivity index (χ1) is 14.6. The minimum Gasteiger partial charge on any atom is -0.441 e. The monoisotopic (exact) mass is 417 g/mol. The van der Waals surface area contributed by atoms with E-state index in [1.54, 1.807) is 0 Å². The van der Waals surface area contributed by atoms with Crippen molar-refractivity contribution in [2.24, 2.45) is 0 Å². The molecule has 6 heteroatoms. The highest BCUT2D eigenvalue weighted by Gasteiger charge is 2.25. The van der Waals surface area contributed by atoms with E-state index in [1.807, 2.05) is 19.1 Å². The second-order valence-electron chi connectivity index (χ2n) is 8.12. The Kier molecular flexibility index (Phi) is 8.88. The Morgan fingerprint density at radius 2 is 2.00 bits per heavy atom. The van der Waals surface area contributed by atoms with Crippen molar-refractivity contribution in [3.05, 3.63) is 41.3 Å². The average molecular weight is 418 g/mol. The summed E-state index contributed by atoms with van der Waals surface area (Å²) >= 11 is 0. The van der Waals surface area contributed by atoms with Crippen molar-refractivity contribution in [3.63, 3.8) is 0 Å². The van der Waals surface area contributed by atoms with Gasteiger partial charge in [0.15, 0.2) is 0 Å². The van der Waals surface area contributed by atoms with Gasteiger partial charge in [0, 0.05) is 12.2 Å². The number of rotatable bonds is 11. The highest BCUT2D eigenvalue weighted by Crippen LogP contribution is 2.27. The van der Waals surface area contributed by atoms with Crippen molar-refractivity contribution < 1.29 is 23.7 Å². The van der Waals surface area contributed by atoms with Crippen LogP contribution in [0.1, 0.15) is 56.0 Å². The third kappa shape index (κ3) is 6.64. The lowest BCUT2D eigenvalue weighted by Crippen LogP contribution is -2.32. The molecule has 3 rings (SSSR count). The molecule has 1 aliphatic carbocycles. The Hall–Kier alpha value is -1.73. The summed E-state index contributed by atoms with van der Waals surface area (Å²) in [6, 6.07) is 8.15. The van der Waals surface area contributed by atoms with Crippen LogP contribution in [0.4, 0.5) is 0 Å². The van der Waals surface area contributed by atoms with Crippen LogP contribution < -0.4 is 0 Å². The summed E-state index contributed by atoms with van der Waals surface area (Å²) in [4.78, 5) is 4.66. The van der Waals surface area contributed by atoms with Crippen LogP contribution >= 0.6 is 0 Å². The zero-order valence-corrected chi connectivity index (χ0v) is 18.4. The fraction of sp³-hybridized carbons (Fsp3) is 0.625. The zero-order valence-electron chi connectivity index (χ0n) is 18.4. The van der Waals surface area contributed by atoms with E-state index in [9.17, 15) is 5.11 Å². The number of benzene rings is 1. The van der Waals surface area contributed by atoms with Gasteiger partial charge in [0.2, 0.25) is 5.89 Å². The van der Waals surface area contributed by atoms with Gasteiger partial charge in [-0.3, -0.25) is 0 Å². The van der Waals surface area contributed by atoms with Crippen molar-refractivity contribution in [1.29, 1.82) is 0 Å². The maximum absolute atomic E-state index is 9.42. The quantitative estimate of drug-likeness (QED) is 0.576. The molecule has 0 radical (unpaired) electrons. The Morgan fingerprint density at radius 3 is 2.73 bits per heavy atom. The molecule has 0 bridgehead atoms. The molecule has 0 aliphatic heterocycles. The fourth-order valence-corrected chi connectivity index (χ4v) is 3.75. The third-order valence-corrected chi connectivity index (χ3v) is 5.47. The highest BCUT2D eigenvalue weighted by atomic mass is 16.5. The van der Waals surface area contributed by atoms with Crippen LogP contribution in [0.25, 0.3) is 11.5 Å².